The first-order chi connectivity index (χ1) is 11.2. The molecule has 1 aliphatic heterocycles. The Balaban J connectivity index is 2.29. The zero-order valence-electron chi connectivity index (χ0n) is 12.1. The molecule has 0 N–H and O–H groups in total. The van der Waals surface area contributed by atoms with Crippen LogP contribution in [-0.4, -0.2) is 18.4 Å². The molecule has 1 aliphatic rings. The summed E-state index contributed by atoms with van der Waals surface area (Å²) in [7, 11) is 0. The zero-order chi connectivity index (χ0) is 16.4. The van der Waals surface area contributed by atoms with Crippen molar-refractivity contribution in [3.63, 3.8) is 0 Å². The molecule has 0 bridgehead atoms. The van der Waals surface area contributed by atoms with Crippen molar-refractivity contribution in [3.8, 4) is 40.6 Å². The number of fused-ring (bicyclic) bond motifs is 1. The van der Waals surface area contributed by atoms with E-state index < -0.39 is 0 Å². The maximum absolute atomic E-state index is 9.51. The summed E-state index contributed by atoms with van der Waals surface area (Å²) >= 11 is 6.09. The number of ether oxygens (including phenoxy) is 3. The van der Waals surface area contributed by atoms with E-state index >= 15 is 0 Å². The lowest BCUT2D eigenvalue weighted by Crippen LogP contribution is -2.02. The predicted octanol–water partition coefficient (Wildman–Crippen LogP) is 3.27. The molecule has 0 saturated carbocycles. The van der Waals surface area contributed by atoms with Crippen molar-refractivity contribution in [1.82, 2.24) is 4.98 Å². The summed E-state index contributed by atoms with van der Waals surface area (Å²) in [5.41, 5.74) is 1.25. The van der Waals surface area contributed by atoms with E-state index in [0.29, 0.717) is 29.2 Å². The number of hydrogen-bond acceptors (Lipinski definition) is 6. The number of rotatable bonds is 3. The largest absolute Gasteiger partial charge is 0.477 e. The van der Waals surface area contributed by atoms with Gasteiger partial charge in [-0.15, -0.1) is 0 Å². The van der Waals surface area contributed by atoms with E-state index in [1.165, 1.54) is 0 Å². The molecule has 6 nitrogen and oxygen atoms in total. The van der Waals surface area contributed by atoms with Crippen molar-refractivity contribution in [2.75, 3.05) is 13.4 Å². The van der Waals surface area contributed by atoms with Gasteiger partial charge in [0.05, 0.1) is 12.2 Å². The van der Waals surface area contributed by atoms with Crippen LogP contribution in [0.5, 0.6) is 17.4 Å². The van der Waals surface area contributed by atoms with Gasteiger partial charge in [-0.1, -0.05) is 17.7 Å². The Morgan fingerprint density at radius 2 is 1.96 bits per heavy atom. The number of halogens is 1. The first-order valence-electron chi connectivity index (χ1n) is 6.76. The van der Waals surface area contributed by atoms with Crippen LogP contribution in [-0.2, 0) is 0 Å². The molecule has 0 amide bonds. The number of nitriles is 2. The van der Waals surface area contributed by atoms with E-state index in [1.54, 1.807) is 25.1 Å². The highest BCUT2D eigenvalue weighted by molar-refractivity contribution is 6.31. The van der Waals surface area contributed by atoms with Gasteiger partial charge >= 0.3 is 0 Å². The minimum atomic E-state index is -0.0115. The van der Waals surface area contributed by atoms with Crippen molar-refractivity contribution < 1.29 is 14.2 Å². The number of pyridine rings is 1. The fourth-order valence-electron chi connectivity index (χ4n) is 2.32. The molecular formula is C16H10ClN3O3. The number of aromatic nitrogens is 1. The number of hydrogen-bond donors (Lipinski definition) is 0. The van der Waals surface area contributed by atoms with Crippen molar-refractivity contribution in [1.29, 1.82) is 10.5 Å². The monoisotopic (exact) mass is 327 g/mol. The number of benzene rings is 1. The molecule has 1 aromatic heterocycles. The molecule has 0 radical (unpaired) electrons. The Morgan fingerprint density at radius 3 is 2.65 bits per heavy atom. The topological polar surface area (TPSA) is 88.2 Å². The molecule has 23 heavy (non-hydrogen) atoms. The minimum Gasteiger partial charge on any atom is -0.477 e. The van der Waals surface area contributed by atoms with Gasteiger partial charge in [-0.05, 0) is 24.6 Å². The van der Waals surface area contributed by atoms with E-state index in [1.807, 2.05) is 12.1 Å². The van der Waals surface area contributed by atoms with Gasteiger partial charge in [0.1, 0.15) is 17.7 Å². The Kier molecular flexibility index (Phi) is 3.92. The highest BCUT2D eigenvalue weighted by Gasteiger charge is 2.23. The van der Waals surface area contributed by atoms with E-state index in [9.17, 15) is 10.5 Å². The van der Waals surface area contributed by atoms with Crippen molar-refractivity contribution in [3.05, 3.63) is 34.5 Å². The third-order valence-electron chi connectivity index (χ3n) is 3.29. The maximum atomic E-state index is 9.51. The van der Waals surface area contributed by atoms with Crippen LogP contribution in [0.2, 0.25) is 5.15 Å². The highest BCUT2D eigenvalue weighted by atomic mass is 35.5. The molecule has 0 aliphatic carbocycles. The molecule has 114 valence electrons. The van der Waals surface area contributed by atoms with Crippen molar-refractivity contribution in [2.45, 2.75) is 6.92 Å². The molecule has 2 aromatic rings. The average Bonchev–Trinajstić information content (AvgIpc) is 3.02. The van der Waals surface area contributed by atoms with Gasteiger partial charge in [-0.2, -0.15) is 15.5 Å². The molecule has 0 atom stereocenters. The molecule has 0 saturated heterocycles. The van der Waals surface area contributed by atoms with Gasteiger partial charge in [0, 0.05) is 5.56 Å². The molecular weight excluding hydrogens is 318 g/mol. The lowest BCUT2D eigenvalue weighted by atomic mass is 9.97. The van der Waals surface area contributed by atoms with E-state index in [4.69, 9.17) is 25.8 Å². The summed E-state index contributed by atoms with van der Waals surface area (Å²) in [4.78, 5) is 4.01. The molecule has 7 heteroatoms. The van der Waals surface area contributed by atoms with E-state index in [-0.39, 0.29) is 29.0 Å². The summed E-state index contributed by atoms with van der Waals surface area (Å²) in [6, 6.07) is 9.20. The Hall–Kier alpha value is -2.96. The Morgan fingerprint density at radius 1 is 1.22 bits per heavy atom. The van der Waals surface area contributed by atoms with Crippen LogP contribution >= 0.6 is 11.6 Å². The fourth-order valence-corrected chi connectivity index (χ4v) is 2.54. The van der Waals surface area contributed by atoms with Crippen LogP contribution in [0, 0.1) is 22.7 Å². The molecule has 0 spiro atoms. The summed E-state index contributed by atoms with van der Waals surface area (Å²) in [5, 5.41) is 18.9. The van der Waals surface area contributed by atoms with Crippen LogP contribution in [0.3, 0.4) is 0 Å². The van der Waals surface area contributed by atoms with Gasteiger partial charge in [0.25, 0.3) is 0 Å². The summed E-state index contributed by atoms with van der Waals surface area (Å²) < 4.78 is 16.0. The van der Waals surface area contributed by atoms with Crippen LogP contribution in [0.25, 0.3) is 11.1 Å². The molecule has 3 rings (SSSR count). The minimum absolute atomic E-state index is 0.0115. The van der Waals surface area contributed by atoms with Gasteiger partial charge in [0.15, 0.2) is 16.7 Å². The van der Waals surface area contributed by atoms with Crippen LogP contribution < -0.4 is 14.2 Å². The maximum Gasteiger partial charge on any atom is 0.233 e. The first-order valence-corrected chi connectivity index (χ1v) is 7.13. The Labute approximate surface area is 137 Å². The fraction of sp³-hybridized carbons (Fsp3) is 0.188. The van der Waals surface area contributed by atoms with Crippen LogP contribution in [0.1, 0.15) is 18.1 Å². The van der Waals surface area contributed by atoms with Crippen LogP contribution in [0.15, 0.2) is 18.2 Å². The van der Waals surface area contributed by atoms with Gasteiger partial charge in [0.2, 0.25) is 12.7 Å². The third-order valence-corrected chi connectivity index (χ3v) is 3.56. The van der Waals surface area contributed by atoms with Gasteiger partial charge in [-0.3, -0.25) is 0 Å². The molecule has 1 aromatic carbocycles. The molecule has 0 unspecified atom stereocenters. The lowest BCUT2D eigenvalue weighted by Gasteiger charge is -2.12. The lowest BCUT2D eigenvalue weighted by molar-refractivity contribution is 0.174. The average molecular weight is 328 g/mol. The van der Waals surface area contributed by atoms with Gasteiger partial charge in [-0.25, -0.2) is 0 Å². The second-order valence-electron chi connectivity index (χ2n) is 4.56. The highest BCUT2D eigenvalue weighted by Crippen LogP contribution is 2.40. The van der Waals surface area contributed by atoms with Crippen molar-refractivity contribution in [2.24, 2.45) is 0 Å². The molecule has 2 heterocycles. The summed E-state index contributed by atoms with van der Waals surface area (Å²) in [5.74, 6) is 1.25. The summed E-state index contributed by atoms with van der Waals surface area (Å²) in [6.07, 6.45) is 0. The van der Waals surface area contributed by atoms with E-state index in [0.717, 1.165) is 0 Å². The van der Waals surface area contributed by atoms with E-state index in [2.05, 4.69) is 4.98 Å². The number of nitrogens with zero attached hydrogens (tertiary/aromatic N) is 3. The van der Waals surface area contributed by atoms with Crippen molar-refractivity contribution >= 4 is 11.6 Å². The first kappa shape index (κ1) is 15.0. The standard InChI is InChI=1S/C16H10ClN3O3/c1-2-21-16-11(7-19)14(10(6-18)15(17)20-16)9-3-4-12-13(5-9)23-8-22-12/h3-5H,2,8H2,1H3. The van der Waals surface area contributed by atoms with Gasteiger partial charge < -0.3 is 14.2 Å². The zero-order valence-corrected chi connectivity index (χ0v) is 12.8. The predicted molar refractivity (Wildman–Crippen MR) is 81.4 cm³/mol. The quantitative estimate of drug-likeness (QED) is 0.804. The smallest absolute Gasteiger partial charge is 0.233 e. The SMILES string of the molecule is CCOc1nc(Cl)c(C#N)c(-c2ccc3c(c2)OCO3)c1C#N. The second-order valence-corrected chi connectivity index (χ2v) is 4.92. The third kappa shape index (κ3) is 2.50. The Bertz CT molecular complexity index is 868. The molecule has 0 fully saturated rings. The summed E-state index contributed by atoms with van der Waals surface area (Å²) in [6.45, 7) is 2.23. The second kappa shape index (κ2) is 6.04. The normalized spacial score (nSPS) is 11.7. The van der Waals surface area contributed by atoms with Crippen LogP contribution in [0.4, 0.5) is 0 Å².